The van der Waals surface area contributed by atoms with Gasteiger partial charge >= 0.3 is 16.4 Å². The average Bonchev–Trinajstić information content (AvgIpc) is 2.12. The van der Waals surface area contributed by atoms with Gasteiger partial charge in [0.05, 0.1) is 0 Å². The van der Waals surface area contributed by atoms with Crippen LogP contribution in [-0.2, 0) is 19.9 Å². The van der Waals surface area contributed by atoms with Gasteiger partial charge in [-0.3, -0.25) is 13.9 Å². The maximum atomic E-state index is 10.8. The van der Waals surface area contributed by atoms with E-state index in [0.717, 1.165) is 19.3 Å². The molecule has 0 unspecified atom stereocenters. The summed E-state index contributed by atoms with van der Waals surface area (Å²) in [6, 6.07) is 0. The van der Waals surface area contributed by atoms with Gasteiger partial charge in [-0.2, -0.15) is 8.42 Å². The van der Waals surface area contributed by atoms with Crippen molar-refractivity contribution in [1.29, 1.82) is 0 Å². The van der Waals surface area contributed by atoms with Crippen molar-refractivity contribution < 1.29 is 27.1 Å². The molecule has 0 spiro atoms. The van der Waals surface area contributed by atoms with E-state index in [9.17, 15) is 4.79 Å². The summed E-state index contributed by atoms with van der Waals surface area (Å²) < 4.78 is 36.4. The van der Waals surface area contributed by atoms with Crippen molar-refractivity contribution in [2.24, 2.45) is 5.73 Å². The molecule has 0 bridgehead atoms. The Hall–Kier alpha value is -0.700. The Morgan fingerprint density at radius 3 is 2.19 bits per heavy atom. The standard InChI is InChI=1S/C8H17NO2.H2O4S/c1-2-3-4-5-8(10)11-7-6-9;1-5(2,3)4/h2-7,9H2,1H3;(H2,1,2,3,4). The third kappa shape index (κ3) is 29.2. The lowest BCUT2D eigenvalue weighted by Crippen LogP contribution is -2.13. The van der Waals surface area contributed by atoms with Crippen LogP contribution < -0.4 is 5.73 Å². The Bertz CT molecular complexity index is 256. The summed E-state index contributed by atoms with van der Waals surface area (Å²) in [4.78, 5) is 10.8. The van der Waals surface area contributed by atoms with Gasteiger partial charge in [0.15, 0.2) is 0 Å². The maximum absolute atomic E-state index is 10.8. The minimum atomic E-state index is -4.67. The molecule has 4 N–H and O–H groups in total. The van der Waals surface area contributed by atoms with Crippen molar-refractivity contribution in [2.45, 2.75) is 32.6 Å². The van der Waals surface area contributed by atoms with Crippen molar-refractivity contribution in [2.75, 3.05) is 13.2 Å². The van der Waals surface area contributed by atoms with Gasteiger partial charge in [0, 0.05) is 13.0 Å². The van der Waals surface area contributed by atoms with Crippen LogP contribution in [0.1, 0.15) is 32.6 Å². The van der Waals surface area contributed by atoms with Crippen molar-refractivity contribution in [3.8, 4) is 0 Å². The van der Waals surface area contributed by atoms with Gasteiger partial charge in [-0.05, 0) is 6.42 Å². The molecule has 98 valence electrons. The first-order valence-corrected chi connectivity index (χ1v) is 6.26. The van der Waals surface area contributed by atoms with Gasteiger partial charge in [-0.1, -0.05) is 19.8 Å². The molecule has 0 radical (unpaired) electrons. The highest BCUT2D eigenvalue weighted by molar-refractivity contribution is 7.79. The molecule has 7 nitrogen and oxygen atoms in total. The van der Waals surface area contributed by atoms with Crippen LogP contribution in [0.2, 0.25) is 0 Å². The number of unbranched alkanes of at least 4 members (excludes halogenated alkanes) is 2. The summed E-state index contributed by atoms with van der Waals surface area (Å²) in [5.41, 5.74) is 5.15. The van der Waals surface area contributed by atoms with Gasteiger partial charge in [0.25, 0.3) is 0 Å². The van der Waals surface area contributed by atoms with E-state index in [1.807, 2.05) is 0 Å². The van der Waals surface area contributed by atoms with E-state index in [1.54, 1.807) is 0 Å². The Morgan fingerprint density at radius 1 is 1.31 bits per heavy atom. The summed E-state index contributed by atoms with van der Waals surface area (Å²) in [6.07, 6.45) is 3.69. The highest BCUT2D eigenvalue weighted by Crippen LogP contribution is 1.99. The first-order chi connectivity index (χ1) is 7.31. The summed E-state index contributed by atoms with van der Waals surface area (Å²) in [7, 11) is -4.67. The summed E-state index contributed by atoms with van der Waals surface area (Å²) >= 11 is 0. The predicted octanol–water partition coefficient (Wildman–Crippen LogP) is 0.416. The lowest BCUT2D eigenvalue weighted by Gasteiger charge is -2.01. The van der Waals surface area contributed by atoms with E-state index in [2.05, 4.69) is 6.92 Å². The first kappa shape index (κ1) is 17.7. The van der Waals surface area contributed by atoms with Crippen LogP contribution in [0.5, 0.6) is 0 Å². The first-order valence-electron chi connectivity index (χ1n) is 4.86. The number of carbonyl (C=O) groups excluding carboxylic acids is 1. The number of esters is 1. The second-order valence-electron chi connectivity index (χ2n) is 2.91. The molecule has 0 saturated heterocycles. The molecule has 0 heterocycles. The van der Waals surface area contributed by atoms with Crippen molar-refractivity contribution in [3.05, 3.63) is 0 Å². The molecular weight excluding hydrogens is 238 g/mol. The molecule has 0 amide bonds. The SMILES string of the molecule is CCCCCC(=O)OCCN.O=S(=O)(O)O. The second kappa shape index (κ2) is 10.8. The van der Waals surface area contributed by atoms with Gasteiger partial charge in [0.2, 0.25) is 0 Å². The molecule has 0 fully saturated rings. The Balaban J connectivity index is 0. The molecule has 16 heavy (non-hydrogen) atoms. The number of nitrogens with two attached hydrogens (primary N) is 1. The predicted molar refractivity (Wildman–Crippen MR) is 58.3 cm³/mol. The van der Waals surface area contributed by atoms with E-state index in [-0.39, 0.29) is 5.97 Å². The minimum Gasteiger partial charge on any atom is -0.464 e. The quantitative estimate of drug-likeness (QED) is 0.357. The van der Waals surface area contributed by atoms with E-state index in [0.29, 0.717) is 19.6 Å². The molecule has 0 aromatic carbocycles. The van der Waals surface area contributed by atoms with Crippen molar-refractivity contribution in [1.82, 2.24) is 0 Å². The zero-order valence-corrected chi connectivity index (χ0v) is 10.1. The molecule has 0 atom stereocenters. The normalized spacial score (nSPS) is 10.2. The highest BCUT2D eigenvalue weighted by atomic mass is 32.3. The third-order valence-corrected chi connectivity index (χ3v) is 1.37. The molecule has 0 aliphatic rings. The number of rotatable bonds is 6. The summed E-state index contributed by atoms with van der Waals surface area (Å²) in [5, 5.41) is 0. The average molecular weight is 257 g/mol. The Morgan fingerprint density at radius 2 is 1.81 bits per heavy atom. The van der Waals surface area contributed by atoms with Crippen LogP contribution in [0.15, 0.2) is 0 Å². The van der Waals surface area contributed by atoms with E-state index in [4.69, 9.17) is 28.0 Å². The zero-order valence-electron chi connectivity index (χ0n) is 9.26. The van der Waals surface area contributed by atoms with Crippen LogP contribution in [0.3, 0.4) is 0 Å². The third-order valence-electron chi connectivity index (χ3n) is 1.37. The van der Waals surface area contributed by atoms with Gasteiger partial charge in [-0.25, -0.2) is 0 Å². The molecular formula is C8H19NO6S. The van der Waals surface area contributed by atoms with Gasteiger partial charge in [-0.15, -0.1) is 0 Å². The Kier molecular flexibility index (Phi) is 11.9. The fourth-order valence-corrected chi connectivity index (χ4v) is 0.764. The molecule has 0 saturated carbocycles. The molecule has 0 aliphatic heterocycles. The van der Waals surface area contributed by atoms with Gasteiger partial charge in [0.1, 0.15) is 6.61 Å². The van der Waals surface area contributed by atoms with Crippen LogP contribution in [0.25, 0.3) is 0 Å². The van der Waals surface area contributed by atoms with Crippen molar-refractivity contribution in [3.63, 3.8) is 0 Å². The zero-order chi connectivity index (χ0) is 13.0. The van der Waals surface area contributed by atoms with E-state index >= 15 is 0 Å². The topological polar surface area (TPSA) is 127 Å². The highest BCUT2D eigenvalue weighted by Gasteiger charge is 1.99. The molecule has 0 rings (SSSR count). The van der Waals surface area contributed by atoms with E-state index in [1.165, 1.54) is 0 Å². The van der Waals surface area contributed by atoms with Crippen LogP contribution in [0.4, 0.5) is 0 Å². The van der Waals surface area contributed by atoms with Crippen LogP contribution in [0, 0.1) is 0 Å². The summed E-state index contributed by atoms with van der Waals surface area (Å²) in [5.74, 6) is -0.121. The van der Waals surface area contributed by atoms with Crippen molar-refractivity contribution >= 4 is 16.4 Å². The lowest BCUT2D eigenvalue weighted by atomic mass is 10.2. The van der Waals surface area contributed by atoms with Crippen LogP contribution >= 0.6 is 0 Å². The second-order valence-corrected chi connectivity index (χ2v) is 3.81. The molecule has 0 aliphatic carbocycles. The fraction of sp³-hybridized carbons (Fsp3) is 0.875. The fourth-order valence-electron chi connectivity index (χ4n) is 0.764. The number of carbonyl (C=O) groups is 1. The van der Waals surface area contributed by atoms with Gasteiger partial charge < -0.3 is 10.5 Å². The Labute approximate surface area is 95.5 Å². The largest absolute Gasteiger partial charge is 0.464 e. The van der Waals surface area contributed by atoms with E-state index < -0.39 is 10.4 Å². The number of hydrogen-bond donors (Lipinski definition) is 3. The lowest BCUT2D eigenvalue weighted by molar-refractivity contribution is -0.143. The number of ether oxygens (including phenoxy) is 1. The van der Waals surface area contributed by atoms with Crippen LogP contribution in [-0.4, -0.2) is 36.6 Å². The maximum Gasteiger partial charge on any atom is 0.394 e. The smallest absolute Gasteiger partial charge is 0.394 e. The summed E-state index contributed by atoms with van der Waals surface area (Å²) in [6.45, 7) is 2.87. The molecule has 0 aromatic heterocycles. The number of hydrogen-bond acceptors (Lipinski definition) is 5. The molecule has 0 aromatic rings. The monoisotopic (exact) mass is 257 g/mol. The minimum absolute atomic E-state index is 0.121. The molecule has 8 heteroatoms.